The molecule has 3 heterocycles. The van der Waals surface area contributed by atoms with Crippen molar-refractivity contribution in [1.29, 1.82) is 0 Å². The third kappa shape index (κ3) is 3.18. The van der Waals surface area contributed by atoms with Crippen LogP contribution in [0, 0.1) is 17.0 Å². The normalized spacial score (nSPS) is 13.8. The summed E-state index contributed by atoms with van der Waals surface area (Å²) in [7, 11) is 0. The van der Waals surface area contributed by atoms with E-state index in [-0.39, 0.29) is 17.2 Å². The summed E-state index contributed by atoms with van der Waals surface area (Å²) in [5.41, 5.74) is 0.948. The van der Waals surface area contributed by atoms with Crippen LogP contribution in [-0.4, -0.2) is 20.4 Å². The van der Waals surface area contributed by atoms with Crippen LogP contribution in [0.15, 0.2) is 29.1 Å². The van der Waals surface area contributed by atoms with Crippen LogP contribution >= 0.6 is 11.3 Å². The number of non-ortho nitro benzene ring substituents is 1. The molecule has 0 atom stereocenters. The zero-order chi connectivity index (χ0) is 19.8. The number of nitrogens with zero attached hydrogens (tertiary/aromatic N) is 3. The molecule has 0 aliphatic carbocycles. The Morgan fingerprint density at radius 3 is 2.71 bits per heavy atom. The smallest absolute Gasteiger partial charge is 0.269 e. The third-order valence-corrected chi connectivity index (χ3v) is 6.14. The third-order valence-electron chi connectivity index (χ3n) is 4.95. The van der Waals surface area contributed by atoms with Gasteiger partial charge in [0.25, 0.3) is 17.2 Å². The standard InChI is InChI=1S/C19H18N4O4S/c1-11-15-18(21-14-5-3-2-4-10-22(14)19(15)25)28-16(11)17(24)20-12-6-8-13(9-7-12)23(26)27/h6-9H,2-5,10H2,1H3,(H,20,24). The molecule has 9 heteroatoms. The second kappa shape index (κ2) is 7.16. The molecule has 144 valence electrons. The molecular formula is C19H18N4O4S. The molecule has 0 radical (unpaired) electrons. The van der Waals surface area contributed by atoms with E-state index in [2.05, 4.69) is 10.3 Å². The van der Waals surface area contributed by atoms with Crippen molar-refractivity contribution in [2.75, 3.05) is 5.32 Å². The number of fused-ring (bicyclic) bond motifs is 2. The molecule has 1 amide bonds. The quantitative estimate of drug-likeness (QED) is 0.535. The van der Waals surface area contributed by atoms with Gasteiger partial charge in [0.1, 0.15) is 10.7 Å². The Bertz CT molecular complexity index is 1150. The summed E-state index contributed by atoms with van der Waals surface area (Å²) in [6, 6.07) is 5.62. The number of hydrogen-bond acceptors (Lipinski definition) is 6. The lowest BCUT2D eigenvalue weighted by molar-refractivity contribution is -0.384. The lowest BCUT2D eigenvalue weighted by Gasteiger charge is -2.08. The number of aryl methyl sites for hydroxylation is 2. The van der Waals surface area contributed by atoms with E-state index in [1.165, 1.54) is 35.6 Å². The van der Waals surface area contributed by atoms with Gasteiger partial charge in [-0.15, -0.1) is 11.3 Å². The maximum absolute atomic E-state index is 13.0. The highest BCUT2D eigenvalue weighted by Gasteiger charge is 2.22. The molecule has 1 aromatic carbocycles. The summed E-state index contributed by atoms with van der Waals surface area (Å²) in [5.74, 6) is 0.438. The summed E-state index contributed by atoms with van der Waals surface area (Å²) >= 11 is 1.21. The first kappa shape index (κ1) is 18.3. The van der Waals surface area contributed by atoms with Gasteiger partial charge in [0.2, 0.25) is 0 Å². The number of nitro benzene ring substituents is 1. The van der Waals surface area contributed by atoms with Crippen molar-refractivity contribution < 1.29 is 9.72 Å². The highest BCUT2D eigenvalue weighted by Crippen LogP contribution is 2.29. The van der Waals surface area contributed by atoms with Crippen molar-refractivity contribution in [3.8, 4) is 0 Å². The van der Waals surface area contributed by atoms with E-state index in [1.807, 2.05) is 0 Å². The average molecular weight is 398 g/mol. The molecule has 0 spiro atoms. The van der Waals surface area contributed by atoms with Gasteiger partial charge in [0.15, 0.2) is 0 Å². The number of carbonyl (C=O) groups is 1. The fraction of sp³-hybridized carbons (Fsp3) is 0.316. The predicted octanol–water partition coefficient (Wildman–Crippen LogP) is 3.65. The van der Waals surface area contributed by atoms with Gasteiger partial charge >= 0.3 is 0 Å². The maximum Gasteiger partial charge on any atom is 0.269 e. The molecule has 0 fully saturated rings. The summed E-state index contributed by atoms with van der Waals surface area (Å²) in [5, 5.41) is 14.0. The molecule has 8 nitrogen and oxygen atoms in total. The number of amides is 1. The topological polar surface area (TPSA) is 107 Å². The van der Waals surface area contributed by atoms with Crippen molar-refractivity contribution in [3.63, 3.8) is 0 Å². The minimum Gasteiger partial charge on any atom is -0.321 e. The number of benzene rings is 1. The molecule has 0 bridgehead atoms. The highest BCUT2D eigenvalue weighted by atomic mass is 32.1. The molecule has 2 aromatic heterocycles. The van der Waals surface area contributed by atoms with Crippen LogP contribution in [0.1, 0.15) is 40.3 Å². The van der Waals surface area contributed by atoms with Crippen molar-refractivity contribution in [2.45, 2.75) is 39.2 Å². The van der Waals surface area contributed by atoms with Gasteiger partial charge in [0, 0.05) is 30.8 Å². The van der Waals surface area contributed by atoms with Gasteiger partial charge in [-0.05, 0) is 37.5 Å². The van der Waals surface area contributed by atoms with Crippen LogP contribution in [0.2, 0.25) is 0 Å². The first-order chi connectivity index (χ1) is 13.5. The van der Waals surface area contributed by atoms with Crippen molar-refractivity contribution in [2.24, 2.45) is 0 Å². The number of aromatic nitrogens is 2. The number of rotatable bonds is 3. The summed E-state index contributed by atoms with van der Waals surface area (Å²) < 4.78 is 1.74. The SMILES string of the molecule is Cc1c(C(=O)Nc2ccc([N+](=O)[O-])cc2)sc2nc3n(c(=O)c12)CCCCC3. The van der Waals surface area contributed by atoms with Crippen LogP contribution < -0.4 is 10.9 Å². The Morgan fingerprint density at radius 1 is 1.25 bits per heavy atom. The second-order valence-electron chi connectivity index (χ2n) is 6.79. The Labute approximate surface area is 164 Å². The van der Waals surface area contributed by atoms with Crippen LogP contribution in [-0.2, 0) is 13.0 Å². The van der Waals surface area contributed by atoms with Crippen molar-refractivity contribution in [1.82, 2.24) is 9.55 Å². The molecule has 1 aliphatic heterocycles. The Kier molecular flexibility index (Phi) is 4.68. The van der Waals surface area contributed by atoms with Gasteiger partial charge in [-0.25, -0.2) is 4.98 Å². The Morgan fingerprint density at radius 2 is 2.00 bits per heavy atom. The van der Waals surface area contributed by atoms with Gasteiger partial charge < -0.3 is 5.32 Å². The lowest BCUT2D eigenvalue weighted by atomic mass is 10.2. The van der Waals surface area contributed by atoms with Crippen LogP contribution in [0.3, 0.4) is 0 Å². The van der Waals surface area contributed by atoms with E-state index in [4.69, 9.17) is 0 Å². The molecule has 0 saturated carbocycles. The molecular weight excluding hydrogens is 380 g/mol. The predicted molar refractivity (Wildman–Crippen MR) is 107 cm³/mol. The number of anilines is 1. The number of thiophene rings is 1. The fourth-order valence-corrected chi connectivity index (χ4v) is 4.57. The lowest BCUT2D eigenvalue weighted by Crippen LogP contribution is -2.24. The van der Waals surface area contributed by atoms with E-state index in [1.54, 1.807) is 11.5 Å². The van der Waals surface area contributed by atoms with E-state index >= 15 is 0 Å². The molecule has 3 aromatic rings. The first-order valence-corrected chi connectivity index (χ1v) is 9.86. The van der Waals surface area contributed by atoms with Gasteiger partial charge in [-0.3, -0.25) is 24.3 Å². The number of hydrogen-bond donors (Lipinski definition) is 1. The number of nitro groups is 1. The minimum atomic E-state index is -0.495. The largest absolute Gasteiger partial charge is 0.321 e. The van der Waals surface area contributed by atoms with Crippen molar-refractivity contribution in [3.05, 3.63) is 61.0 Å². The van der Waals surface area contributed by atoms with Crippen molar-refractivity contribution >= 4 is 38.8 Å². The van der Waals surface area contributed by atoms with Crippen LogP contribution in [0.4, 0.5) is 11.4 Å². The van der Waals surface area contributed by atoms with Gasteiger partial charge in [-0.1, -0.05) is 6.42 Å². The van der Waals surface area contributed by atoms with Gasteiger partial charge in [-0.2, -0.15) is 0 Å². The summed E-state index contributed by atoms with van der Waals surface area (Å²) in [4.78, 5) is 41.6. The molecule has 0 saturated heterocycles. The van der Waals surface area contributed by atoms with E-state index < -0.39 is 4.92 Å². The molecule has 0 unspecified atom stereocenters. The molecule has 28 heavy (non-hydrogen) atoms. The van der Waals surface area contributed by atoms with E-state index in [9.17, 15) is 19.7 Å². The zero-order valence-electron chi connectivity index (χ0n) is 15.2. The second-order valence-corrected chi connectivity index (χ2v) is 7.79. The van der Waals surface area contributed by atoms with Crippen LogP contribution in [0.5, 0.6) is 0 Å². The highest BCUT2D eigenvalue weighted by molar-refractivity contribution is 7.20. The maximum atomic E-state index is 13.0. The van der Waals surface area contributed by atoms with Gasteiger partial charge in [0.05, 0.1) is 15.2 Å². The Hall–Kier alpha value is -3.07. The number of nitrogens with one attached hydrogen (secondary N) is 1. The average Bonchev–Trinajstić information content (AvgIpc) is 2.84. The number of carbonyl (C=O) groups excluding carboxylic acids is 1. The van der Waals surface area contributed by atoms with E-state index in [0.717, 1.165) is 31.5 Å². The molecule has 1 N–H and O–H groups in total. The first-order valence-electron chi connectivity index (χ1n) is 9.04. The summed E-state index contributed by atoms with van der Waals surface area (Å²) in [6.45, 7) is 2.42. The summed E-state index contributed by atoms with van der Waals surface area (Å²) in [6.07, 6.45) is 3.82. The fourth-order valence-electron chi connectivity index (χ4n) is 3.48. The monoisotopic (exact) mass is 398 g/mol. The van der Waals surface area contributed by atoms with E-state index in [0.29, 0.717) is 32.9 Å². The van der Waals surface area contributed by atoms with Crippen LogP contribution in [0.25, 0.3) is 10.2 Å². The minimum absolute atomic E-state index is 0.0465. The Balaban J connectivity index is 1.69. The zero-order valence-corrected chi connectivity index (χ0v) is 16.0. The molecule has 4 rings (SSSR count). The molecule has 1 aliphatic rings.